The normalized spacial score (nSPS) is 31.8. The predicted molar refractivity (Wildman–Crippen MR) is 241 cm³/mol. The molecule has 2 nitrogen and oxygen atoms in total. The third kappa shape index (κ3) is 5.86. The number of aromatic nitrogens is 2. The zero-order chi connectivity index (χ0) is 39.2. The molecule has 0 amide bonds. The molecule has 2 heterocycles. The topological polar surface area (TPSA) is 25.8 Å². The summed E-state index contributed by atoms with van der Waals surface area (Å²) >= 11 is 0. The van der Waals surface area contributed by atoms with Crippen molar-refractivity contribution in [2.75, 3.05) is 0 Å². The van der Waals surface area contributed by atoms with Crippen LogP contribution in [0.15, 0.2) is 116 Å². The van der Waals surface area contributed by atoms with Crippen molar-refractivity contribution in [1.29, 1.82) is 0 Å². The molecule has 3 saturated carbocycles. The maximum absolute atomic E-state index is 4.36. The summed E-state index contributed by atoms with van der Waals surface area (Å²) < 4.78 is 0. The van der Waals surface area contributed by atoms with Gasteiger partial charge in [-0.3, -0.25) is 9.97 Å². The Kier molecular flexibility index (Phi) is 8.83. The summed E-state index contributed by atoms with van der Waals surface area (Å²) in [6.07, 6.45) is 25.1. The van der Waals surface area contributed by atoms with Crippen LogP contribution in [0.4, 0.5) is 0 Å². The van der Waals surface area contributed by atoms with Crippen molar-refractivity contribution in [1.82, 2.24) is 9.97 Å². The second kappa shape index (κ2) is 14.0. The van der Waals surface area contributed by atoms with Crippen LogP contribution in [0.3, 0.4) is 0 Å². The number of fused-ring (bicyclic) bond motifs is 12. The lowest BCUT2D eigenvalue weighted by molar-refractivity contribution is 0.0482. The van der Waals surface area contributed by atoms with E-state index in [-0.39, 0.29) is 0 Å². The van der Waals surface area contributed by atoms with Gasteiger partial charge in [-0.2, -0.15) is 0 Å². The summed E-state index contributed by atoms with van der Waals surface area (Å²) in [6, 6.07) is 32.9. The van der Waals surface area contributed by atoms with E-state index in [1.54, 1.807) is 33.4 Å². The van der Waals surface area contributed by atoms with Crippen LogP contribution in [0.2, 0.25) is 0 Å². The zero-order valence-electron chi connectivity index (χ0n) is 35.2. The molecule has 2 aromatic heterocycles. The van der Waals surface area contributed by atoms with E-state index in [1.165, 1.54) is 109 Å². The van der Waals surface area contributed by atoms with Gasteiger partial charge in [-0.05, 0) is 211 Å². The first-order valence-corrected chi connectivity index (χ1v) is 22.8. The van der Waals surface area contributed by atoms with Crippen LogP contribution >= 0.6 is 0 Å². The van der Waals surface area contributed by atoms with Crippen molar-refractivity contribution in [3.8, 4) is 0 Å². The molecule has 0 N–H and O–H groups in total. The fourth-order valence-electron chi connectivity index (χ4n) is 14.6. The minimum Gasteiger partial charge on any atom is -0.264 e. The first-order valence-electron chi connectivity index (χ1n) is 22.8. The van der Waals surface area contributed by atoms with Crippen LogP contribution in [0.1, 0.15) is 134 Å². The second-order valence-electron chi connectivity index (χ2n) is 20.1. The second-order valence-corrected chi connectivity index (χ2v) is 20.1. The largest absolute Gasteiger partial charge is 0.264 e. The van der Waals surface area contributed by atoms with Crippen LogP contribution in [0.5, 0.6) is 0 Å². The van der Waals surface area contributed by atoms with Gasteiger partial charge in [-0.15, -0.1) is 0 Å². The van der Waals surface area contributed by atoms with Crippen molar-refractivity contribution in [3.63, 3.8) is 0 Å². The summed E-state index contributed by atoms with van der Waals surface area (Å²) in [5.41, 5.74) is 14.8. The molecule has 6 aromatic rings. The van der Waals surface area contributed by atoms with E-state index in [9.17, 15) is 0 Å². The molecule has 6 aliphatic rings. The van der Waals surface area contributed by atoms with Crippen LogP contribution in [0, 0.1) is 48.3 Å². The Balaban J connectivity index is 0.000000133. The molecule has 0 bridgehead atoms. The lowest BCUT2D eigenvalue weighted by Crippen LogP contribution is -2.41. The van der Waals surface area contributed by atoms with Crippen molar-refractivity contribution in [2.45, 2.75) is 116 Å². The average molecular weight is 761 g/mol. The fraction of sp³-hybridized carbons (Fsp3) is 0.429. The van der Waals surface area contributed by atoms with Gasteiger partial charge >= 0.3 is 0 Å². The van der Waals surface area contributed by atoms with Crippen molar-refractivity contribution < 1.29 is 0 Å². The molecule has 4 aromatic carbocycles. The highest BCUT2D eigenvalue weighted by molar-refractivity contribution is 5.87. The van der Waals surface area contributed by atoms with Gasteiger partial charge in [0.25, 0.3) is 0 Å². The number of hydrogen-bond acceptors (Lipinski definition) is 2. The summed E-state index contributed by atoms with van der Waals surface area (Å²) in [5, 5.41) is 5.15. The molecular weight excluding hydrogens is 701 g/mol. The first-order chi connectivity index (χ1) is 28.3. The molecule has 58 heavy (non-hydrogen) atoms. The molecule has 12 rings (SSSR count). The van der Waals surface area contributed by atoms with E-state index in [1.807, 2.05) is 24.8 Å². The van der Waals surface area contributed by atoms with Crippen molar-refractivity contribution >= 4 is 27.1 Å². The maximum Gasteiger partial charge on any atom is 0.0346 e. The van der Waals surface area contributed by atoms with E-state index in [4.69, 9.17) is 0 Å². The van der Waals surface area contributed by atoms with Crippen LogP contribution in [-0.2, 0) is 12.8 Å². The molecule has 294 valence electrons. The number of pyridine rings is 2. The molecule has 3 fully saturated rings. The predicted octanol–water partition coefficient (Wildman–Crippen LogP) is 14.3. The number of allylic oxidation sites excluding steroid dienone is 2. The van der Waals surface area contributed by atoms with Gasteiger partial charge < -0.3 is 0 Å². The van der Waals surface area contributed by atoms with Gasteiger partial charge in [0, 0.05) is 35.6 Å². The van der Waals surface area contributed by atoms with Gasteiger partial charge in [0.05, 0.1) is 0 Å². The Hall–Kier alpha value is -4.56. The summed E-state index contributed by atoms with van der Waals surface area (Å²) in [5.74, 6) is 5.66. The molecular formula is C56H60N2. The van der Waals surface area contributed by atoms with Gasteiger partial charge in [0.15, 0.2) is 0 Å². The molecule has 0 unspecified atom stereocenters. The highest BCUT2D eigenvalue weighted by Crippen LogP contribution is 2.66. The Labute approximate surface area is 346 Å². The molecule has 0 aliphatic heterocycles. The van der Waals surface area contributed by atoms with E-state index in [0.29, 0.717) is 16.7 Å². The van der Waals surface area contributed by atoms with Gasteiger partial charge in [0.1, 0.15) is 0 Å². The average Bonchev–Trinajstić information content (AvgIpc) is 3.80. The molecule has 0 spiro atoms. The Bertz CT molecular complexity index is 2520. The highest BCUT2D eigenvalue weighted by Gasteiger charge is 2.55. The third-order valence-corrected chi connectivity index (χ3v) is 17.4. The monoisotopic (exact) mass is 760 g/mol. The van der Waals surface area contributed by atoms with Gasteiger partial charge in [-0.25, -0.2) is 0 Å². The van der Waals surface area contributed by atoms with Crippen LogP contribution < -0.4 is 0 Å². The van der Waals surface area contributed by atoms with Gasteiger partial charge in [-0.1, -0.05) is 91.7 Å². The smallest absolute Gasteiger partial charge is 0.0346 e. The quantitative estimate of drug-likeness (QED) is 0.176. The van der Waals surface area contributed by atoms with E-state index in [0.717, 1.165) is 35.5 Å². The Morgan fingerprint density at radius 1 is 0.552 bits per heavy atom. The first kappa shape index (κ1) is 36.5. The number of nitrogens with zero attached hydrogens (tertiary/aromatic N) is 2. The highest BCUT2D eigenvalue weighted by atomic mass is 14.6. The number of benzene rings is 4. The minimum absolute atomic E-state index is 0.319. The van der Waals surface area contributed by atoms with E-state index < -0.39 is 0 Å². The summed E-state index contributed by atoms with van der Waals surface area (Å²) in [4.78, 5) is 8.70. The van der Waals surface area contributed by atoms with Crippen LogP contribution in [-0.4, -0.2) is 9.97 Å². The summed E-state index contributed by atoms with van der Waals surface area (Å²) in [7, 11) is 0. The zero-order valence-corrected chi connectivity index (χ0v) is 35.2. The standard InChI is InChI=1S/C28H31N.C28H29N/c2*1-18-3-7-23-20(15-18)6-8-25-24(23)11-13-28(2)26(9-10-27(25)28)21-5-4-19-12-14-29-17-22(19)16-21/h3-5,7,12,14-17,24-27H,6,8-11,13H2,1-2H3;3-5,7,9,12,14-17,24-25,27H,6,8,10-11,13H2,1-2H3/t24-,25-,26-,27+,28-;24-,25-,27+,28-/m11/s1. The SMILES string of the molecule is Cc1ccc2c(c1)CC[C@@H]1[C@@H]2CC[C@]2(C)C(c3ccc4ccncc4c3)=CC[C@@H]12.Cc1ccc2c(c1)CC[C@@H]1[C@@H]2CC[C@]2(C)[C@@H](c3ccc4ccncc4c3)CC[C@@H]12. The Morgan fingerprint density at radius 2 is 1.17 bits per heavy atom. The molecule has 0 radical (unpaired) electrons. The molecule has 0 saturated heterocycles. The maximum atomic E-state index is 4.36. The third-order valence-electron chi connectivity index (χ3n) is 17.4. The number of aryl methyl sites for hydroxylation is 4. The number of hydrogen-bond donors (Lipinski definition) is 0. The number of rotatable bonds is 2. The van der Waals surface area contributed by atoms with E-state index in [2.05, 4.69) is 129 Å². The lowest BCUT2D eigenvalue weighted by atomic mass is 9.53. The fourth-order valence-corrected chi connectivity index (χ4v) is 14.6. The molecule has 9 atom stereocenters. The molecule has 2 heteroatoms. The Morgan fingerprint density at radius 3 is 1.86 bits per heavy atom. The minimum atomic E-state index is 0.319. The van der Waals surface area contributed by atoms with Crippen molar-refractivity contribution in [2.24, 2.45) is 34.5 Å². The molecule has 6 aliphatic carbocycles. The van der Waals surface area contributed by atoms with Crippen LogP contribution in [0.25, 0.3) is 27.1 Å². The van der Waals surface area contributed by atoms with Crippen molar-refractivity contribution in [3.05, 3.63) is 160 Å². The lowest BCUT2D eigenvalue weighted by Gasteiger charge is -2.51. The van der Waals surface area contributed by atoms with E-state index >= 15 is 0 Å². The summed E-state index contributed by atoms with van der Waals surface area (Å²) in [6.45, 7) is 9.66. The van der Waals surface area contributed by atoms with Gasteiger partial charge in [0.2, 0.25) is 0 Å².